The Morgan fingerprint density at radius 1 is 1.28 bits per heavy atom. The molecule has 0 aromatic heterocycles. The Bertz CT molecular complexity index is 465. The number of alkyl halides is 5. The van der Waals surface area contributed by atoms with Gasteiger partial charge in [-0.1, -0.05) is 0 Å². The van der Waals surface area contributed by atoms with Crippen molar-refractivity contribution in [2.45, 2.75) is 26.6 Å². The summed E-state index contributed by atoms with van der Waals surface area (Å²) in [5.74, 6) is -1.32. The van der Waals surface area contributed by atoms with Gasteiger partial charge in [-0.25, -0.2) is 0 Å². The highest BCUT2D eigenvalue weighted by molar-refractivity contribution is 5.98. The maximum Gasteiger partial charge on any atom is 0.416 e. The van der Waals surface area contributed by atoms with Gasteiger partial charge < -0.3 is 4.74 Å². The molecule has 0 aliphatic rings. The lowest BCUT2D eigenvalue weighted by molar-refractivity contribution is -0.138. The summed E-state index contributed by atoms with van der Waals surface area (Å²) in [6.07, 6.45) is -4.66. The number of carbonyl (C=O) groups is 1. The van der Waals surface area contributed by atoms with E-state index < -0.39 is 41.0 Å². The van der Waals surface area contributed by atoms with Crippen molar-refractivity contribution in [3.63, 3.8) is 0 Å². The summed E-state index contributed by atoms with van der Waals surface area (Å²) in [5.41, 5.74) is -1.95. The monoisotopic (exact) mass is 268 g/mol. The molecule has 100 valence electrons. The molecule has 18 heavy (non-hydrogen) atoms. The van der Waals surface area contributed by atoms with E-state index in [4.69, 9.17) is 0 Å². The first-order valence-corrected chi connectivity index (χ1v) is 4.81. The molecule has 0 saturated heterocycles. The zero-order chi connectivity index (χ0) is 14.1. The van der Waals surface area contributed by atoms with Crippen LogP contribution in [0.3, 0.4) is 0 Å². The van der Waals surface area contributed by atoms with Crippen LogP contribution in [0, 0.1) is 6.92 Å². The molecule has 0 saturated carbocycles. The maximum absolute atomic E-state index is 12.6. The van der Waals surface area contributed by atoms with E-state index >= 15 is 0 Å². The van der Waals surface area contributed by atoms with Gasteiger partial charge in [-0.15, -0.1) is 0 Å². The van der Waals surface area contributed by atoms with E-state index in [2.05, 4.69) is 4.74 Å². The predicted octanol–water partition coefficient (Wildman–Crippen LogP) is 3.82. The lowest BCUT2D eigenvalue weighted by Gasteiger charge is -2.16. The van der Waals surface area contributed by atoms with E-state index in [0.717, 1.165) is 19.9 Å². The van der Waals surface area contributed by atoms with Gasteiger partial charge >= 0.3 is 12.8 Å². The Hall–Kier alpha value is -1.66. The molecule has 7 heteroatoms. The molecule has 1 aromatic carbocycles. The number of hydrogen-bond donors (Lipinski definition) is 0. The van der Waals surface area contributed by atoms with Crippen LogP contribution in [-0.4, -0.2) is 12.4 Å². The van der Waals surface area contributed by atoms with Gasteiger partial charge in [0.2, 0.25) is 0 Å². The molecular weight excluding hydrogens is 259 g/mol. The SMILES string of the molecule is CC(=O)c1c(OC(F)F)ccc(C(F)(F)F)c1C. The minimum atomic E-state index is -4.66. The Balaban J connectivity index is 3.43. The zero-order valence-corrected chi connectivity index (χ0v) is 9.44. The fourth-order valence-electron chi connectivity index (χ4n) is 1.63. The van der Waals surface area contributed by atoms with E-state index in [0.29, 0.717) is 6.07 Å². The van der Waals surface area contributed by atoms with Gasteiger partial charge in [0.25, 0.3) is 0 Å². The molecule has 0 amide bonds. The van der Waals surface area contributed by atoms with Gasteiger partial charge in [0.1, 0.15) is 5.75 Å². The molecule has 0 heterocycles. The summed E-state index contributed by atoms with van der Waals surface area (Å²) in [7, 11) is 0. The van der Waals surface area contributed by atoms with Crippen molar-refractivity contribution >= 4 is 5.78 Å². The van der Waals surface area contributed by atoms with Crippen molar-refractivity contribution in [3.8, 4) is 5.75 Å². The molecule has 0 unspecified atom stereocenters. The van der Waals surface area contributed by atoms with Crippen molar-refractivity contribution in [1.29, 1.82) is 0 Å². The van der Waals surface area contributed by atoms with E-state index in [1.54, 1.807) is 0 Å². The third kappa shape index (κ3) is 2.96. The van der Waals surface area contributed by atoms with Crippen LogP contribution < -0.4 is 4.74 Å². The van der Waals surface area contributed by atoms with Crippen molar-refractivity contribution in [2.24, 2.45) is 0 Å². The average molecular weight is 268 g/mol. The number of halogens is 5. The van der Waals surface area contributed by atoms with Crippen LogP contribution in [0.2, 0.25) is 0 Å². The minimum absolute atomic E-state index is 0.423. The van der Waals surface area contributed by atoms with Gasteiger partial charge in [-0.05, 0) is 31.5 Å². The fourth-order valence-corrected chi connectivity index (χ4v) is 1.63. The van der Waals surface area contributed by atoms with Crippen LogP contribution in [0.1, 0.15) is 28.4 Å². The van der Waals surface area contributed by atoms with Gasteiger partial charge in [0, 0.05) is 0 Å². The van der Waals surface area contributed by atoms with E-state index in [1.807, 2.05) is 0 Å². The standard InChI is InChI=1S/C11H9F5O2/c1-5-7(11(14,15)16)3-4-8(18-10(12)13)9(5)6(2)17/h3-4,10H,1-2H3. The average Bonchev–Trinajstić information content (AvgIpc) is 2.13. The highest BCUT2D eigenvalue weighted by Gasteiger charge is 2.34. The van der Waals surface area contributed by atoms with E-state index in [1.165, 1.54) is 0 Å². The molecular formula is C11H9F5O2. The second-order valence-electron chi connectivity index (χ2n) is 3.54. The lowest BCUT2D eigenvalue weighted by Crippen LogP contribution is -2.13. The normalized spacial score (nSPS) is 11.8. The number of Topliss-reactive ketones (excluding diaryl/α,β-unsaturated/α-hetero) is 1. The lowest BCUT2D eigenvalue weighted by atomic mass is 9.98. The van der Waals surface area contributed by atoms with Crippen molar-refractivity contribution in [3.05, 3.63) is 28.8 Å². The van der Waals surface area contributed by atoms with Crippen LogP contribution in [-0.2, 0) is 6.18 Å². The smallest absolute Gasteiger partial charge is 0.416 e. The quantitative estimate of drug-likeness (QED) is 0.615. The fraction of sp³-hybridized carbons (Fsp3) is 0.364. The maximum atomic E-state index is 12.6. The van der Waals surface area contributed by atoms with Gasteiger partial charge in [-0.2, -0.15) is 22.0 Å². The Kier molecular flexibility index (Phi) is 3.93. The molecule has 2 nitrogen and oxygen atoms in total. The molecule has 0 radical (unpaired) electrons. The number of hydrogen-bond acceptors (Lipinski definition) is 2. The first-order valence-electron chi connectivity index (χ1n) is 4.81. The Morgan fingerprint density at radius 3 is 2.22 bits per heavy atom. The molecule has 0 spiro atoms. The topological polar surface area (TPSA) is 26.3 Å². The summed E-state index contributed by atoms with van der Waals surface area (Å²) >= 11 is 0. The first-order chi connectivity index (χ1) is 8.14. The van der Waals surface area contributed by atoms with Crippen LogP contribution in [0.25, 0.3) is 0 Å². The van der Waals surface area contributed by atoms with Crippen molar-refractivity contribution in [1.82, 2.24) is 0 Å². The molecule has 0 atom stereocenters. The summed E-state index contributed by atoms with van der Waals surface area (Å²) in [5, 5.41) is 0. The molecule has 0 fully saturated rings. The number of rotatable bonds is 3. The Morgan fingerprint density at radius 2 is 1.83 bits per heavy atom. The van der Waals surface area contributed by atoms with Crippen LogP contribution in [0.15, 0.2) is 12.1 Å². The van der Waals surface area contributed by atoms with Crippen LogP contribution in [0.5, 0.6) is 5.75 Å². The molecule has 0 N–H and O–H groups in total. The molecule has 1 rings (SSSR count). The van der Waals surface area contributed by atoms with Crippen molar-refractivity contribution in [2.75, 3.05) is 0 Å². The van der Waals surface area contributed by atoms with Gasteiger partial charge in [-0.3, -0.25) is 4.79 Å². The molecule has 0 aliphatic heterocycles. The molecule has 0 aliphatic carbocycles. The number of carbonyl (C=O) groups excluding carboxylic acids is 1. The number of ketones is 1. The number of benzene rings is 1. The van der Waals surface area contributed by atoms with Gasteiger partial charge in [0.15, 0.2) is 5.78 Å². The second kappa shape index (κ2) is 4.91. The number of ether oxygens (including phenoxy) is 1. The van der Waals surface area contributed by atoms with Crippen LogP contribution in [0.4, 0.5) is 22.0 Å². The zero-order valence-electron chi connectivity index (χ0n) is 9.44. The predicted molar refractivity (Wildman–Crippen MR) is 52.8 cm³/mol. The minimum Gasteiger partial charge on any atom is -0.434 e. The molecule has 1 aromatic rings. The van der Waals surface area contributed by atoms with Crippen LogP contribution >= 0.6 is 0 Å². The van der Waals surface area contributed by atoms with E-state index in [9.17, 15) is 26.7 Å². The van der Waals surface area contributed by atoms with Gasteiger partial charge in [0.05, 0.1) is 11.1 Å². The third-order valence-corrected chi connectivity index (χ3v) is 2.30. The first kappa shape index (κ1) is 14.4. The highest BCUT2D eigenvalue weighted by atomic mass is 19.4. The summed E-state index contributed by atoms with van der Waals surface area (Å²) < 4.78 is 65.9. The van der Waals surface area contributed by atoms with Crippen molar-refractivity contribution < 1.29 is 31.5 Å². The summed E-state index contributed by atoms with van der Waals surface area (Å²) in [4.78, 5) is 11.3. The second-order valence-corrected chi connectivity index (χ2v) is 3.54. The Labute approximate surface area is 99.4 Å². The van der Waals surface area contributed by atoms with E-state index in [-0.39, 0.29) is 0 Å². The largest absolute Gasteiger partial charge is 0.434 e. The highest BCUT2D eigenvalue weighted by Crippen LogP contribution is 2.36. The summed E-state index contributed by atoms with van der Waals surface area (Å²) in [6.45, 7) is -1.18. The summed E-state index contributed by atoms with van der Waals surface area (Å²) in [6, 6.07) is 1.33. The third-order valence-electron chi connectivity index (χ3n) is 2.30. The molecule has 0 bridgehead atoms.